The zero-order chi connectivity index (χ0) is 23.1. The van der Waals surface area contributed by atoms with E-state index in [9.17, 15) is 13.2 Å². The number of para-hydroxylation sites is 2. The van der Waals surface area contributed by atoms with E-state index in [-0.39, 0.29) is 10.6 Å². The van der Waals surface area contributed by atoms with Crippen molar-refractivity contribution in [2.45, 2.75) is 11.8 Å². The van der Waals surface area contributed by atoms with E-state index in [1.807, 2.05) is 6.92 Å². The summed E-state index contributed by atoms with van der Waals surface area (Å²) in [6.45, 7) is 1.80. The lowest BCUT2D eigenvalue weighted by molar-refractivity contribution is -0.114. The minimum absolute atomic E-state index is 0.0146. The van der Waals surface area contributed by atoms with Crippen LogP contribution in [0.5, 0.6) is 11.5 Å². The van der Waals surface area contributed by atoms with Crippen LogP contribution in [0, 0.1) is 0 Å². The number of sulfonamides is 1. The van der Waals surface area contributed by atoms with E-state index in [0.29, 0.717) is 28.8 Å². The smallest absolute Gasteiger partial charge is 0.264 e. The number of hydrogen-bond donors (Lipinski definition) is 1. The molecule has 0 aliphatic rings. The van der Waals surface area contributed by atoms with Crippen LogP contribution < -0.4 is 19.1 Å². The second-order valence-electron chi connectivity index (χ2n) is 6.64. The van der Waals surface area contributed by atoms with Crippen LogP contribution in [0.25, 0.3) is 0 Å². The van der Waals surface area contributed by atoms with Gasteiger partial charge in [-0.1, -0.05) is 29.8 Å². The first-order chi connectivity index (χ1) is 15.3. The van der Waals surface area contributed by atoms with Gasteiger partial charge in [0.2, 0.25) is 5.91 Å². The quantitative estimate of drug-likeness (QED) is 0.490. The Morgan fingerprint density at radius 1 is 1.03 bits per heavy atom. The average molecular weight is 475 g/mol. The van der Waals surface area contributed by atoms with Gasteiger partial charge < -0.3 is 14.8 Å². The van der Waals surface area contributed by atoms with E-state index in [1.54, 1.807) is 54.6 Å². The van der Waals surface area contributed by atoms with Crippen molar-refractivity contribution in [3.05, 3.63) is 77.8 Å². The van der Waals surface area contributed by atoms with Crippen LogP contribution in [0.2, 0.25) is 5.02 Å². The number of rotatable bonds is 9. The molecule has 0 unspecified atom stereocenters. The number of nitrogens with one attached hydrogen (secondary N) is 1. The average Bonchev–Trinajstić information content (AvgIpc) is 2.79. The third-order valence-corrected chi connectivity index (χ3v) is 6.51. The Morgan fingerprint density at radius 2 is 1.75 bits per heavy atom. The first kappa shape index (κ1) is 23.4. The summed E-state index contributed by atoms with van der Waals surface area (Å²) < 4.78 is 38.5. The van der Waals surface area contributed by atoms with Crippen molar-refractivity contribution in [3.63, 3.8) is 0 Å². The largest absolute Gasteiger partial charge is 0.497 e. The minimum Gasteiger partial charge on any atom is -0.497 e. The molecule has 0 saturated carbocycles. The monoisotopic (exact) mass is 474 g/mol. The Balaban J connectivity index is 1.94. The molecule has 0 radical (unpaired) electrons. The number of ether oxygens (including phenoxy) is 2. The molecule has 0 atom stereocenters. The molecule has 3 aromatic carbocycles. The molecule has 9 heteroatoms. The first-order valence-electron chi connectivity index (χ1n) is 9.79. The van der Waals surface area contributed by atoms with Crippen LogP contribution in [0.15, 0.2) is 77.7 Å². The van der Waals surface area contributed by atoms with Crippen LogP contribution >= 0.6 is 11.6 Å². The maximum Gasteiger partial charge on any atom is 0.264 e. The second-order valence-corrected chi connectivity index (χ2v) is 8.94. The maximum atomic E-state index is 13.4. The zero-order valence-electron chi connectivity index (χ0n) is 17.6. The first-order valence-corrected chi connectivity index (χ1v) is 11.6. The number of anilines is 2. The topological polar surface area (TPSA) is 84.9 Å². The highest BCUT2D eigenvalue weighted by molar-refractivity contribution is 7.92. The van der Waals surface area contributed by atoms with E-state index < -0.39 is 22.5 Å². The Labute approximate surface area is 192 Å². The molecule has 1 amide bonds. The number of halogens is 1. The Bertz CT molecular complexity index is 1180. The number of carbonyl (C=O) groups is 1. The third-order valence-electron chi connectivity index (χ3n) is 4.49. The Morgan fingerprint density at radius 3 is 2.41 bits per heavy atom. The van der Waals surface area contributed by atoms with Gasteiger partial charge in [-0.15, -0.1) is 0 Å². The van der Waals surface area contributed by atoms with Crippen LogP contribution in [-0.4, -0.2) is 34.6 Å². The van der Waals surface area contributed by atoms with Crippen molar-refractivity contribution in [2.75, 3.05) is 29.9 Å². The molecule has 0 heterocycles. The fraction of sp³-hybridized carbons (Fsp3) is 0.174. The number of carbonyl (C=O) groups excluding carboxylic acids is 1. The molecule has 168 valence electrons. The highest BCUT2D eigenvalue weighted by Gasteiger charge is 2.28. The summed E-state index contributed by atoms with van der Waals surface area (Å²) >= 11 is 6.09. The lowest BCUT2D eigenvalue weighted by Gasteiger charge is -2.24. The van der Waals surface area contributed by atoms with Gasteiger partial charge in [0.05, 0.1) is 30.0 Å². The van der Waals surface area contributed by atoms with Gasteiger partial charge in [-0.05, 0) is 61.5 Å². The summed E-state index contributed by atoms with van der Waals surface area (Å²) in [5, 5.41) is 3.08. The molecule has 0 aliphatic carbocycles. The van der Waals surface area contributed by atoms with E-state index in [2.05, 4.69) is 5.32 Å². The van der Waals surface area contributed by atoms with Crippen molar-refractivity contribution >= 4 is 38.9 Å². The van der Waals surface area contributed by atoms with E-state index in [1.165, 1.54) is 25.3 Å². The summed E-state index contributed by atoms with van der Waals surface area (Å²) in [6.07, 6.45) is 0. The lowest BCUT2D eigenvalue weighted by atomic mass is 10.3. The molecular weight excluding hydrogens is 452 g/mol. The van der Waals surface area contributed by atoms with Gasteiger partial charge in [0.15, 0.2) is 0 Å². The van der Waals surface area contributed by atoms with Gasteiger partial charge in [-0.25, -0.2) is 8.42 Å². The highest BCUT2D eigenvalue weighted by Crippen LogP contribution is 2.28. The summed E-state index contributed by atoms with van der Waals surface area (Å²) in [7, 11) is -2.58. The van der Waals surface area contributed by atoms with Crippen molar-refractivity contribution in [1.82, 2.24) is 0 Å². The van der Waals surface area contributed by atoms with Crippen LogP contribution in [-0.2, 0) is 14.8 Å². The predicted octanol–water partition coefficient (Wildman–Crippen LogP) is 4.58. The van der Waals surface area contributed by atoms with Gasteiger partial charge in [-0.2, -0.15) is 0 Å². The minimum atomic E-state index is -4.08. The SMILES string of the molecule is CCOc1ccccc1NC(=O)CN(c1cccc(Cl)c1)S(=O)(=O)c1ccc(OC)cc1. The maximum absolute atomic E-state index is 13.4. The molecule has 3 rings (SSSR count). The normalized spacial score (nSPS) is 11.0. The molecule has 7 nitrogen and oxygen atoms in total. The number of amides is 1. The van der Waals surface area contributed by atoms with Crippen LogP contribution in [0.4, 0.5) is 11.4 Å². The van der Waals surface area contributed by atoms with Gasteiger partial charge in [-0.3, -0.25) is 9.10 Å². The summed E-state index contributed by atoms with van der Waals surface area (Å²) in [6, 6.07) is 19.2. The molecule has 32 heavy (non-hydrogen) atoms. The standard InChI is InChI=1S/C23H23ClN2O5S/c1-3-31-22-10-5-4-9-21(22)25-23(27)16-26(18-8-6-7-17(24)15-18)32(28,29)20-13-11-19(30-2)12-14-20/h4-15H,3,16H2,1-2H3,(H,25,27). The van der Waals surface area contributed by atoms with Crippen molar-refractivity contribution < 1.29 is 22.7 Å². The van der Waals surface area contributed by atoms with Gasteiger partial charge in [0.1, 0.15) is 18.0 Å². The molecule has 0 bridgehead atoms. The molecule has 1 N–H and O–H groups in total. The summed E-state index contributed by atoms with van der Waals surface area (Å²) in [4.78, 5) is 12.9. The predicted molar refractivity (Wildman–Crippen MR) is 125 cm³/mol. The van der Waals surface area contributed by atoms with Crippen molar-refractivity contribution in [3.8, 4) is 11.5 Å². The summed E-state index contributed by atoms with van der Waals surface area (Å²) in [5.74, 6) is 0.480. The molecular formula is C23H23ClN2O5S. The van der Waals surface area contributed by atoms with E-state index in [0.717, 1.165) is 4.31 Å². The Kier molecular flexibility index (Phi) is 7.61. The zero-order valence-corrected chi connectivity index (χ0v) is 19.2. The highest BCUT2D eigenvalue weighted by atomic mass is 35.5. The lowest BCUT2D eigenvalue weighted by Crippen LogP contribution is -2.38. The fourth-order valence-corrected chi connectivity index (χ4v) is 4.59. The van der Waals surface area contributed by atoms with E-state index in [4.69, 9.17) is 21.1 Å². The fourth-order valence-electron chi connectivity index (χ4n) is 2.99. The second kappa shape index (κ2) is 10.4. The number of methoxy groups -OCH3 is 1. The van der Waals surface area contributed by atoms with Crippen molar-refractivity contribution in [1.29, 1.82) is 0 Å². The van der Waals surface area contributed by atoms with Crippen LogP contribution in [0.3, 0.4) is 0 Å². The molecule has 3 aromatic rings. The summed E-state index contributed by atoms with van der Waals surface area (Å²) in [5.41, 5.74) is 0.716. The molecule has 0 aliphatic heterocycles. The third kappa shape index (κ3) is 5.52. The molecule has 0 aromatic heterocycles. The molecule has 0 spiro atoms. The molecule has 0 fully saturated rings. The number of benzene rings is 3. The number of hydrogen-bond acceptors (Lipinski definition) is 5. The molecule has 0 saturated heterocycles. The van der Waals surface area contributed by atoms with E-state index >= 15 is 0 Å². The Hall–Kier alpha value is -3.23. The van der Waals surface area contributed by atoms with Gasteiger partial charge >= 0.3 is 0 Å². The van der Waals surface area contributed by atoms with Crippen LogP contribution in [0.1, 0.15) is 6.92 Å². The van der Waals surface area contributed by atoms with Gasteiger partial charge in [0, 0.05) is 5.02 Å². The van der Waals surface area contributed by atoms with Crippen molar-refractivity contribution in [2.24, 2.45) is 0 Å². The number of nitrogens with zero attached hydrogens (tertiary/aromatic N) is 1. The van der Waals surface area contributed by atoms with Gasteiger partial charge in [0.25, 0.3) is 10.0 Å².